The molecule has 6 aromatic heterocycles. The third-order valence-electron chi connectivity index (χ3n) is 6.16. The van der Waals surface area contributed by atoms with Crippen LogP contribution in [-0.4, -0.2) is 4.57 Å². The average Bonchev–Trinajstić information content (AvgIpc) is 3.58. The van der Waals surface area contributed by atoms with E-state index in [1.54, 1.807) is 0 Å². The van der Waals surface area contributed by atoms with E-state index >= 15 is 0 Å². The van der Waals surface area contributed by atoms with Crippen LogP contribution in [0.25, 0.3) is 65.1 Å². The molecule has 8 heteroatoms. The Kier molecular flexibility index (Phi) is 4.18. The van der Waals surface area contributed by atoms with E-state index in [1.807, 2.05) is 56.7 Å². The number of hydrogen-bond donors (Lipinski definition) is 0. The molecule has 6 heterocycles. The highest BCUT2D eigenvalue weighted by Crippen LogP contribution is 2.52. The Morgan fingerprint density at radius 3 is 2.12 bits per heavy atom. The first-order chi connectivity index (χ1) is 16.0. The van der Waals surface area contributed by atoms with Crippen molar-refractivity contribution >= 4 is 148 Å². The highest BCUT2D eigenvalue weighted by molar-refractivity contribution is 9.11. The van der Waals surface area contributed by atoms with Crippen molar-refractivity contribution in [2.24, 2.45) is 0 Å². The Morgan fingerprint density at radius 1 is 0.606 bits per heavy atom. The van der Waals surface area contributed by atoms with Gasteiger partial charge in [-0.3, -0.25) is 0 Å². The van der Waals surface area contributed by atoms with Gasteiger partial charge in [0, 0.05) is 30.6 Å². The smallest absolute Gasteiger partial charge is 0.0736 e. The number of halogens is 2. The minimum absolute atomic E-state index is 1.18. The minimum Gasteiger partial charge on any atom is -0.307 e. The van der Waals surface area contributed by atoms with Crippen molar-refractivity contribution in [3.05, 3.63) is 61.7 Å². The highest BCUT2D eigenvalue weighted by Gasteiger charge is 2.22. The summed E-state index contributed by atoms with van der Waals surface area (Å²) in [5.41, 5.74) is 5.14. The second-order valence-corrected chi connectivity index (χ2v) is 16.2. The number of aryl methyl sites for hydroxylation is 1. The van der Waals surface area contributed by atoms with Crippen molar-refractivity contribution in [1.29, 1.82) is 0 Å². The number of rotatable bonds is 1. The number of thiophene rings is 5. The van der Waals surface area contributed by atoms with Crippen molar-refractivity contribution in [3.63, 3.8) is 0 Å². The molecule has 0 saturated carbocycles. The fourth-order valence-corrected chi connectivity index (χ4v) is 12.4. The standard InChI is InChI=1S/C25H11Br2NS5/c1-10-2-4-11(5-3-10)28-14-8-18(26)32-22(14)24-20(28)12-6-16-13(7-15(12)29-24)21-25(30-16)23-17(31-21)9-19(27)33-23/h2-9H,1H3. The van der Waals surface area contributed by atoms with E-state index in [0.29, 0.717) is 0 Å². The van der Waals surface area contributed by atoms with Crippen LogP contribution >= 0.6 is 88.5 Å². The van der Waals surface area contributed by atoms with E-state index in [1.165, 1.54) is 78.2 Å². The normalized spacial score (nSPS) is 12.7. The molecule has 160 valence electrons. The van der Waals surface area contributed by atoms with Gasteiger partial charge in [0.1, 0.15) is 0 Å². The van der Waals surface area contributed by atoms with Crippen LogP contribution in [0.1, 0.15) is 5.56 Å². The highest BCUT2D eigenvalue weighted by atomic mass is 79.9. The molecule has 0 aliphatic rings. The summed E-state index contributed by atoms with van der Waals surface area (Å²) in [4.78, 5) is 0. The van der Waals surface area contributed by atoms with Crippen molar-refractivity contribution in [3.8, 4) is 5.69 Å². The fraction of sp³-hybridized carbons (Fsp3) is 0.0400. The van der Waals surface area contributed by atoms with Crippen molar-refractivity contribution in [2.45, 2.75) is 6.92 Å². The second kappa shape index (κ2) is 6.91. The maximum Gasteiger partial charge on any atom is 0.0736 e. The molecule has 2 aromatic carbocycles. The van der Waals surface area contributed by atoms with E-state index in [4.69, 9.17) is 0 Å². The summed E-state index contributed by atoms with van der Waals surface area (Å²) in [5.74, 6) is 0. The van der Waals surface area contributed by atoms with Gasteiger partial charge >= 0.3 is 0 Å². The number of hydrogen-bond acceptors (Lipinski definition) is 5. The lowest BCUT2D eigenvalue weighted by Gasteiger charge is -2.07. The molecule has 33 heavy (non-hydrogen) atoms. The van der Waals surface area contributed by atoms with Gasteiger partial charge in [-0.25, -0.2) is 0 Å². The summed E-state index contributed by atoms with van der Waals surface area (Å²) in [6, 6.07) is 18.3. The van der Waals surface area contributed by atoms with Gasteiger partial charge in [-0.05, 0) is 75.2 Å². The number of benzene rings is 2. The average molecular weight is 646 g/mol. The lowest BCUT2D eigenvalue weighted by atomic mass is 10.2. The largest absolute Gasteiger partial charge is 0.307 e. The molecule has 0 aliphatic carbocycles. The van der Waals surface area contributed by atoms with Crippen LogP contribution in [0.15, 0.2) is 56.1 Å². The molecule has 0 fully saturated rings. The lowest BCUT2D eigenvalue weighted by molar-refractivity contribution is 1.18. The van der Waals surface area contributed by atoms with Gasteiger partial charge in [-0.2, -0.15) is 0 Å². The Hall–Kier alpha value is -1.26. The zero-order valence-electron chi connectivity index (χ0n) is 16.9. The molecule has 0 saturated heterocycles. The first-order valence-electron chi connectivity index (χ1n) is 10.2. The predicted molar refractivity (Wildman–Crippen MR) is 160 cm³/mol. The Balaban J connectivity index is 1.52. The molecule has 0 radical (unpaired) electrons. The summed E-state index contributed by atoms with van der Waals surface area (Å²) >= 11 is 16.9. The van der Waals surface area contributed by atoms with Crippen molar-refractivity contribution in [2.75, 3.05) is 0 Å². The van der Waals surface area contributed by atoms with E-state index < -0.39 is 0 Å². The molecular weight excluding hydrogens is 634 g/mol. The number of nitrogens with zero attached hydrogens (tertiary/aromatic N) is 1. The lowest BCUT2D eigenvalue weighted by Crippen LogP contribution is -1.92. The molecule has 0 N–H and O–H groups in total. The zero-order chi connectivity index (χ0) is 22.0. The summed E-state index contributed by atoms with van der Waals surface area (Å²) in [5, 5.41) is 2.77. The Labute approximate surface area is 224 Å². The first kappa shape index (κ1) is 20.0. The maximum atomic E-state index is 3.74. The molecule has 0 bridgehead atoms. The van der Waals surface area contributed by atoms with Gasteiger partial charge in [0.05, 0.1) is 42.1 Å². The summed E-state index contributed by atoms with van der Waals surface area (Å²) in [6.45, 7) is 2.15. The molecule has 8 rings (SSSR count). The molecule has 0 unspecified atom stereocenters. The van der Waals surface area contributed by atoms with E-state index in [9.17, 15) is 0 Å². The van der Waals surface area contributed by atoms with Crippen LogP contribution in [0.5, 0.6) is 0 Å². The first-order valence-corrected chi connectivity index (χ1v) is 15.9. The maximum absolute atomic E-state index is 3.74. The molecule has 0 atom stereocenters. The predicted octanol–water partition coefficient (Wildman–Crippen LogP) is 11.5. The van der Waals surface area contributed by atoms with Gasteiger partial charge in [-0.1, -0.05) is 17.7 Å². The molecule has 8 aromatic rings. The van der Waals surface area contributed by atoms with Crippen LogP contribution in [0, 0.1) is 6.92 Å². The molecule has 0 spiro atoms. The van der Waals surface area contributed by atoms with E-state index in [0.717, 1.165) is 0 Å². The van der Waals surface area contributed by atoms with Gasteiger partial charge < -0.3 is 4.57 Å². The van der Waals surface area contributed by atoms with Gasteiger partial charge in [0.25, 0.3) is 0 Å². The van der Waals surface area contributed by atoms with Gasteiger partial charge in [0.2, 0.25) is 0 Å². The SMILES string of the molecule is Cc1ccc(-n2c3cc(Br)sc3c3sc4cc5c(cc4c32)sc2c3sc(Br)cc3sc52)cc1. The summed E-state index contributed by atoms with van der Waals surface area (Å²) in [6.07, 6.45) is 0. The molecule has 0 aliphatic heterocycles. The van der Waals surface area contributed by atoms with Crippen LogP contribution in [-0.2, 0) is 0 Å². The Bertz CT molecular complexity index is 2060. The van der Waals surface area contributed by atoms with Crippen LogP contribution in [0.4, 0.5) is 0 Å². The minimum atomic E-state index is 1.18. The Morgan fingerprint density at radius 2 is 1.27 bits per heavy atom. The van der Waals surface area contributed by atoms with Crippen LogP contribution in [0.2, 0.25) is 0 Å². The third kappa shape index (κ3) is 2.71. The number of aromatic nitrogens is 1. The number of fused-ring (bicyclic) bond motifs is 10. The second-order valence-electron chi connectivity index (χ2n) is 8.17. The summed E-state index contributed by atoms with van der Waals surface area (Å²) in [7, 11) is 0. The monoisotopic (exact) mass is 643 g/mol. The van der Waals surface area contributed by atoms with E-state index in [-0.39, 0.29) is 0 Å². The van der Waals surface area contributed by atoms with Crippen molar-refractivity contribution < 1.29 is 0 Å². The fourth-order valence-electron chi connectivity index (χ4n) is 4.73. The van der Waals surface area contributed by atoms with Crippen LogP contribution < -0.4 is 0 Å². The molecule has 1 nitrogen and oxygen atoms in total. The van der Waals surface area contributed by atoms with Crippen molar-refractivity contribution in [1.82, 2.24) is 4.57 Å². The molecule has 0 amide bonds. The van der Waals surface area contributed by atoms with Gasteiger partial charge in [-0.15, -0.1) is 56.7 Å². The zero-order valence-corrected chi connectivity index (χ0v) is 24.1. The van der Waals surface area contributed by atoms with E-state index in [2.05, 4.69) is 91.9 Å². The van der Waals surface area contributed by atoms with Gasteiger partial charge in [0.15, 0.2) is 0 Å². The third-order valence-corrected chi connectivity index (χ3v) is 13.5. The quantitative estimate of drug-likeness (QED) is 0.167. The topological polar surface area (TPSA) is 4.93 Å². The van der Waals surface area contributed by atoms with Crippen LogP contribution in [0.3, 0.4) is 0 Å². The molecular formula is C25H11Br2NS5. The summed E-state index contributed by atoms with van der Waals surface area (Å²) < 4.78 is 16.1.